The third kappa shape index (κ3) is 3.53. The Morgan fingerprint density at radius 3 is 3.00 bits per heavy atom. The second-order valence-electron chi connectivity index (χ2n) is 2.56. The van der Waals surface area contributed by atoms with E-state index in [1.165, 1.54) is 0 Å². The van der Waals surface area contributed by atoms with Gasteiger partial charge in [-0.05, 0) is 51.5 Å². The number of carbonyl (C=O) groups excluding carboxylic acids is 1. The Kier molecular flexibility index (Phi) is 4.80. The van der Waals surface area contributed by atoms with E-state index in [-0.39, 0.29) is 12.4 Å². The van der Waals surface area contributed by atoms with Gasteiger partial charge < -0.3 is 4.74 Å². The average Bonchev–Trinajstić information content (AvgIpc) is 2.10. The van der Waals surface area contributed by atoms with Gasteiger partial charge in [-0.2, -0.15) is 0 Å². The normalized spacial score (nSPS) is 9.93. The van der Waals surface area contributed by atoms with Crippen molar-refractivity contribution in [2.24, 2.45) is 0 Å². The molecule has 0 atom stereocenters. The summed E-state index contributed by atoms with van der Waals surface area (Å²) in [6, 6.07) is 1.92. The van der Waals surface area contributed by atoms with E-state index in [1.54, 1.807) is 13.1 Å². The highest BCUT2D eigenvalue weighted by molar-refractivity contribution is 14.1. The first kappa shape index (κ1) is 11.9. The predicted octanol–water partition coefficient (Wildman–Crippen LogP) is 2.55. The third-order valence-corrected chi connectivity index (χ3v) is 2.87. The zero-order chi connectivity index (χ0) is 10.6. The smallest absolute Gasteiger partial charge is 0.311 e. The lowest BCUT2D eigenvalue weighted by Gasteiger charge is -2.03. The van der Waals surface area contributed by atoms with E-state index in [4.69, 9.17) is 4.74 Å². The minimum Gasteiger partial charge on any atom is -0.466 e. The van der Waals surface area contributed by atoms with Gasteiger partial charge in [0.1, 0.15) is 0 Å². The van der Waals surface area contributed by atoms with Crippen LogP contribution in [-0.2, 0) is 16.0 Å². The van der Waals surface area contributed by atoms with Crippen molar-refractivity contribution in [2.45, 2.75) is 13.3 Å². The summed E-state index contributed by atoms with van der Waals surface area (Å²) in [7, 11) is 0. The molecule has 0 N–H and O–H groups in total. The standard InChI is InChI=1S/C9H9BrINO2/c1-2-14-9(13)4-8-7(11)3-6(10)5-12-8/h3,5H,2,4H2,1H3. The lowest BCUT2D eigenvalue weighted by molar-refractivity contribution is -0.142. The second kappa shape index (κ2) is 5.65. The van der Waals surface area contributed by atoms with E-state index in [9.17, 15) is 4.79 Å². The number of aromatic nitrogens is 1. The predicted molar refractivity (Wildman–Crippen MR) is 65.0 cm³/mol. The topological polar surface area (TPSA) is 39.2 Å². The number of esters is 1. The molecule has 0 aliphatic carbocycles. The van der Waals surface area contributed by atoms with Gasteiger partial charge in [0.15, 0.2) is 0 Å². The van der Waals surface area contributed by atoms with Crippen LogP contribution in [0, 0.1) is 3.57 Å². The third-order valence-electron chi connectivity index (χ3n) is 1.50. The summed E-state index contributed by atoms with van der Waals surface area (Å²) >= 11 is 5.46. The molecule has 1 aromatic heterocycles. The van der Waals surface area contributed by atoms with Crippen LogP contribution in [0.15, 0.2) is 16.7 Å². The molecular formula is C9H9BrINO2. The van der Waals surface area contributed by atoms with E-state index in [0.717, 1.165) is 13.7 Å². The quantitative estimate of drug-likeness (QED) is 0.607. The fourth-order valence-corrected chi connectivity index (χ4v) is 2.35. The van der Waals surface area contributed by atoms with Gasteiger partial charge in [0.2, 0.25) is 0 Å². The molecule has 0 bridgehead atoms. The van der Waals surface area contributed by atoms with Gasteiger partial charge in [-0.1, -0.05) is 0 Å². The summed E-state index contributed by atoms with van der Waals surface area (Å²) < 4.78 is 6.71. The fourth-order valence-electron chi connectivity index (χ4n) is 0.922. The van der Waals surface area contributed by atoms with Gasteiger partial charge in [0.25, 0.3) is 0 Å². The molecule has 1 aromatic rings. The molecule has 5 heteroatoms. The molecular weight excluding hydrogens is 361 g/mol. The minimum absolute atomic E-state index is 0.236. The molecule has 0 spiro atoms. The maximum Gasteiger partial charge on any atom is 0.311 e. The van der Waals surface area contributed by atoms with Gasteiger partial charge in [-0.3, -0.25) is 9.78 Å². The zero-order valence-corrected chi connectivity index (χ0v) is 11.3. The summed E-state index contributed by atoms with van der Waals surface area (Å²) in [5.41, 5.74) is 0.757. The van der Waals surface area contributed by atoms with E-state index in [2.05, 4.69) is 43.5 Å². The number of ether oxygens (including phenoxy) is 1. The number of pyridine rings is 1. The largest absolute Gasteiger partial charge is 0.466 e. The molecule has 0 unspecified atom stereocenters. The Labute approximate surface area is 105 Å². The molecule has 76 valence electrons. The van der Waals surface area contributed by atoms with E-state index < -0.39 is 0 Å². The van der Waals surface area contributed by atoms with Gasteiger partial charge in [-0.15, -0.1) is 0 Å². The van der Waals surface area contributed by atoms with Crippen LogP contribution in [0.2, 0.25) is 0 Å². The van der Waals surface area contributed by atoms with Crippen molar-refractivity contribution >= 4 is 44.5 Å². The lowest BCUT2D eigenvalue weighted by atomic mass is 10.3. The van der Waals surface area contributed by atoms with Crippen molar-refractivity contribution < 1.29 is 9.53 Å². The molecule has 0 aliphatic rings. The SMILES string of the molecule is CCOC(=O)Cc1ncc(Br)cc1I. The Balaban J connectivity index is 2.72. The molecule has 0 aliphatic heterocycles. The van der Waals surface area contributed by atoms with E-state index >= 15 is 0 Å². The maximum atomic E-state index is 11.2. The molecule has 0 saturated carbocycles. The van der Waals surface area contributed by atoms with Crippen LogP contribution in [0.25, 0.3) is 0 Å². The monoisotopic (exact) mass is 369 g/mol. The maximum absolute atomic E-state index is 11.2. The first-order valence-electron chi connectivity index (χ1n) is 4.09. The summed E-state index contributed by atoms with van der Waals surface area (Å²) in [4.78, 5) is 15.3. The Hall–Kier alpha value is -0.170. The van der Waals surface area contributed by atoms with Crippen molar-refractivity contribution in [2.75, 3.05) is 6.61 Å². The van der Waals surface area contributed by atoms with Crippen LogP contribution in [0.5, 0.6) is 0 Å². The molecule has 0 radical (unpaired) electrons. The van der Waals surface area contributed by atoms with Crippen LogP contribution in [0.4, 0.5) is 0 Å². The Morgan fingerprint density at radius 2 is 2.43 bits per heavy atom. The molecule has 0 amide bonds. The highest BCUT2D eigenvalue weighted by atomic mass is 127. The molecule has 3 nitrogen and oxygen atoms in total. The van der Waals surface area contributed by atoms with Crippen molar-refractivity contribution in [3.63, 3.8) is 0 Å². The van der Waals surface area contributed by atoms with Crippen LogP contribution in [0.3, 0.4) is 0 Å². The number of carbonyl (C=O) groups is 1. The first-order chi connectivity index (χ1) is 6.63. The van der Waals surface area contributed by atoms with Gasteiger partial charge >= 0.3 is 5.97 Å². The number of hydrogen-bond acceptors (Lipinski definition) is 3. The second-order valence-corrected chi connectivity index (χ2v) is 4.64. The molecule has 1 rings (SSSR count). The van der Waals surface area contributed by atoms with Crippen LogP contribution >= 0.6 is 38.5 Å². The number of nitrogens with zero attached hydrogens (tertiary/aromatic N) is 1. The lowest BCUT2D eigenvalue weighted by Crippen LogP contribution is -2.09. The Bertz CT molecular complexity index is 344. The molecule has 1 heterocycles. The molecule has 14 heavy (non-hydrogen) atoms. The average molecular weight is 370 g/mol. The summed E-state index contributed by atoms with van der Waals surface area (Å²) in [5.74, 6) is -0.236. The van der Waals surface area contributed by atoms with Gasteiger partial charge in [0, 0.05) is 14.2 Å². The highest BCUT2D eigenvalue weighted by Crippen LogP contribution is 2.16. The number of halogens is 2. The zero-order valence-electron chi connectivity index (χ0n) is 7.59. The highest BCUT2D eigenvalue weighted by Gasteiger charge is 2.08. The minimum atomic E-state index is -0.236. The van der Waals surface area contributed by atoms with Gasteiger partial charge in [0.05, 0.1) is 18.7 Å². The van der Waals surface area contributed by atoms with E-state index in [1.807, 2.05) is 6.07 Å². The number of rotatable bonds is 3. The van der Waals surface area contributed by atoms with E-state index in [0.29, 0.717) is 6.61 Å². The summed E-state index contributed by atoms with van der Waals surface area (Å²) in [6.07, 6.45) is 1.91. The van der Waals surface area contributed by atoms with Crippen LogP contribution < -0.4 is 0 Å². The van der Waals surface area contributed by atoms with Crippen molar-refractivity contribution in [1.82, 2.24) is 4.98 Å². The first-order valence-corrected chi connectivity index (χ1v) is 5.96. The summed E-state index contributed by atoms with van der Waals surface area (Å²) in [5, 5.41) is 0. The number of hydrogen-bond donors (Lipinski definition) is 0. The molecule has 0 saturated heterocycles. The van der Waals surface area contributed by atoms with Crippen LogP contribution in [-0.4, -0.2) is 17.6 Å². The summed E-state index contributed by atoms with van der Waals surface area (Å²) in [6.45, 7) is 2.20. The van der Waals surface area contributed by atoms with Crippen molar-refractivity contribution in [1.29, 1.82) is 0 Å². The molecule has 0 fully saturated rings. The van der Waals surface area contributed by atoms with Crippen molar-refractivity contribution in [3.8, 4) is 0 Å². The fraction of sp³-hybridized carbons (Fsp3) is 0.333. The van der Waals surface area contributed by atoms with Gasteiger partial charge in [-0.25, -0.2) is 0 Å². The molecule has 0 aromatic carbocycles. The Morgan fingerprint density at radius 1 is 1.71 bits per heavy atom. The van der Waals surface area contributed by atoms with Crippen molar-refractivity contribution in [3.05, 3.63) is 26.0 Å². The van der Waals surface area contributed by atoms with Crippen LogP contribution in [0.1, 0.15) is 12.6 Å².